The van der Waals surface area contributed by atoms with Crippen molar-refractivity contribution in [2.75, 3.05) is 7.11 Å². The zero-order chi connectivity index (χ0) is 12.4. The van der Waals surface area contributed by atoms with E-state index < -0.39 is 5.97 Å². The maximum absolute atomic E-state index is 10.9. The number of halogens is 1. The molecule has 0 heterocycles. The quantitative estimate of drug-likeness (QED) is 0.899. The number of benzene rings is 1. The summed E-state index contributed by atoms with van der Waals surface area (Å²) < 4.78 is 5.16. The van der Waals surface area contributed by atoms with Crippen molar-refractivity contribution in [3.63, 3.8) is 0 Å². The van der Waals surface area contributed by atoms with Gasteiger partial charge < -0.3 is 9.84 Å². The summed E-state index contributed by atoms with van der Waals surface area (Å²) in [7, 11) is 1.59. The van der Waals surface area contributed by atoms with Gasteiger partial charge in [-0.1, -0.05) is 17.7 Å². The van der Waals surface area contributed by atoms with Crippen LogP contribution < -0.4 is 4.74 Å². The molecule has 4 heteroatoms. The van der Waals surface area contributed by atoms with Gasteiger partial charge in [-0.25, -0.2) is 0 Å². The summed E-state index contributed by atoms with van der Waals surface area (Å²) in [6.07, 6.45) is 1.52. The molecule has 1 aliphatic rings. The minimum Gasteiger partial charge on any atom is -0.497 e. The molecule has 2 rings (SSSR count). The molecule has 90 valence electrons. The van der Waals surface area contributed by atoms with Crippen LogP contribution in [0.1, 0.15) is 24.0 Å². The lowest BCUT2D eigenvalue weighted by Gasteiger charge is -2.20. The van der Waals surface area contributed by atoms with Crippen molar-refractivity contribution in [1.29, 1.82) is 0 Å². The number of aliphatic carboxylic acids is 1. The van der Waals surface area contributed by atoms with Gasteiger partial charge in [-0.2, -0.15) is 0 Å². The Hall–Kier alpha value is -1.48. The third-order valence-electron chi connectivity index (χ3n) is 2.91. The number of rotatable bonds is 3. The number of carboxylic acids is 1. The van der Waals surface area contributed by atoms with Gasteiger partial charge in [0.2, 0.25) is 0 Å². The number of aryl methyl sites for hydroxylation is 1. The second-order valence-corrected chi connectivity index (χ2v) is 4.43. The van der Waals surface area contributed by atoms with E-state index in [0.717, 1.165) is 23.3 Å². The normalized spacial score (nSPS) is 14.5. The molecule has 0 amide bonds. The molecule has 0 unspecified atom stereocenters. The van der Waals surface area contributed by atoms with Crippen LogP contribution in [0.2, 0.25) is 0 Å². The highest BCUT2D eigenvalue weighted by Crippen LogP contribution is 2.37. The van der Waals surface area contributed by atoms with Gasteiger partial charge in [0, 0.05) is 5.03 Å². The first-order valence-corrected chi connectivity index (χ1v) is 5.76. The molecular weight excluding hydrogens is 240 g/mol. The van der Waals surface area contributed by atoms with Crippen LogP contribution in [-0.4, -0.2) is 18.2 Å². The highest BCUT2D eigenvalue weighted by Gasteiger charge is 2.20. The summed E-state index contributed by atoms with van der Waals surface area (Å²) in [5, 5.41) is 9.56. The monoisotopic (exact) mass is 252 g/mol. The summed E-state index contributed by atoms with van der Waals surface area (Å²) in [6, 6.07) is 5.71. The Labute approximate surface area is 105 Å². The van der Waals surface area contributed by atoms with E-state index in [1.54, 1.807) is 7.11 Å². The maximum Gasteiger partial charge on any atom is 0.307 e. The van der Waals surface area contributed by atoms with Gasteiger partial charge in [-0.3, -0.25) is 4.79 Å². The highest BCUT2D eigenvalue weighted by molar-refractivity contribution is 6.33. The molecular formula is C13H13ClO3. The summed E-state index contributed by atoms with van der Waals surface area (Å²) in [4.78, 5) is 10.9. The van der Waals surface area contributed by atoms with Crippen molar-refractivity contribution in [1.82, 2.24) is 0 Å². The highest BCUT2D eigenvalue weighted by atomic mass is 35.5. The molecule has 0 saturated heterocycles. The topological polar surface area (TPSA) is 46.5 Å². The average molecular weight is 253 g/mol. The molecule has 1 N–H and O–H groups in total. The molecule has 0 atom stereocenters. The Bertz CT molecular complexity index is 491. The Kier molecular flexibility index (Phi) is 3.38. The fraction of sp³-hybridized carbons (Fsp3) is 0.308. The molecule has 0 aromatic heterocycles. The average Bonchev–Trinajstić information content (AvgIpc) is 2.32. The lowest BCUT2D eigenvalue weighted by Crippen LogP contribution is -2.07. The molecule has 1 aromatic rings. The lowest BCUT2D eigenvalue weighted by molar-refractivity contribution is -0.135. The van der Waals surface area contributed by atoms with E-state index in [4.69, 9.17) is 21.4 Å². The van der Waals surface area contributed by atoms with Crippen LogP contribution in [0, 0.1) is 0 Å². The van der Waals surface area contributed by atoms with Crippen molar-refractivity contribution >= 4 is 23.1 Å². The van der Waals surface area contributed by atoms with Gasteiger partial charge in [-0.05, 0) is 41.7 Å². The first kappa shape index (κ1) is 12.0. The number of hydrogen-bond acceptors (Lipinski definition) is 2. The van der Waals surface area contributed by atoms with E-state index in [2.05, 4.69) is 0 Å². The molecule has 0 spiro atoms. The second kappa shape index (κ2) is 4.80. The van der Waals surface area contributed by atoms with Crippen molar-refractivity contribution in [2.24, 2.45) is 0 Å². The summed E-state index contributed by atoms with van der Waals surface area (Å²) in [6.45, 7) is 0. The van der Waals surface area contributed by atoms with Crippen molar-refractivity contribution in [2.45, 2.75) is 19.3 Å². The number of methoxy groups -OCH3 is 1. The van der Waals surface area contributed by atoms with Crippen LogP contribution in [0.15, 0.2) is 23.2 Å². The summed E-state index contributed by atoms with van der Waals surface area (Å²) in [5.41, 5.74) is 2.74. The summed E-state index contributed by atoms with van der Waals surface area (Å²) in [5.74, 6) is -0.146. The number of hydrogen-bond donors (Lipinski definition) is 1. The molecule has 1 aliphatic carbocycles. The predicted molar refractivity (Wildman–Crippen MR) is 66.3 cm³/mol. The maximum atomic E-state index is 10.9. The molecule has 0 saturated carbocycles. The Balaban J connectivity index is 2.48. The van der Waals surface area contributed by atoms with Gasteiger partial charge in [-0.15, -0.1) is 0 Å². The number of carbonyl (C=O) groups is 1. The van der Waals surface area contributed by atoms with E-state index in [-0.39, 0.29) is 6.42 Å². The summed E-state index contributed by atoms with van der Waals surface area (Å²) >= 11 is 6.13. The number of carboxylic acid groups (broad SMARTS) is 1. The Morgan fingerprint density at radius 1 is 1.47 bits per heavy atom. The van der Waals surface area contributed by atoms with Crippen LogP contribution >= 0.6 is 11.6 Å². The van der Waals surface area contributed by atoms with Crippen LogP contribution in [0.3, 0.4) is 0 Å². The predicted octanol–water partition coefficient (Wildman–Crippen LogP) is 3.07. The van der Waals surface area contributed by atoms with Crippen LogP contribution in [0.25, 0.3) is 5.57 Å². The van der Waals surface area contributed by atoms with Crippen molar-refractivity contribution in [3.05, 3.63) is 34.4 Å². The molecule has 0 fully saturated rings. The first-order valence-electron chi connectivity index (χ1n) is 5.38. The van der Waals surface area contributed by atoms with Crippen LogP contribution in [-0.2, 0) is 11.2 Å². The van der Waals surface area contributed by atoms with Crippen molar-refractivity contribution in [3.8, 4) is 5.75 Å². The third kappa shape index (κ3) is 2.44. The van der Waals surface area contributed by atoms with Gasteiger partial charge in [0.1, 0.15) is 5.75 Å². The SMILES string of the molecule is COc1ccc2c(c1)C(CC(=O)O)=C(Cl)CC2. The second-order valence-electron chi connectivity index (χ2n) is 3.98. The zero-order valence-electron chi connectivity index (χ0n) is 9.50. The Morgan fingerprint density at radius 2 is 2.24 bits per heavy atom. The van der Waals surface area contributed by atoms with Gasteiger partial charge >= 0.3 is 5.97 Å². The molecule has 1 aromatic carbocycles. The van der Waals surface area contributed by atoms with E-state index in [1.165, 1.54) is 0 Å². The van der Waals surface area contributed by atoms with Crippen LogP contribution in [0.4, 0.5) is 0 Å². The minimum atomic E-state index is -0.867. The largest absolute Gasteiger partial charge is 0.497 e. The van der Waals surface area contributed by atoms with Gasteiger partial charge in [0.25, 0.3) is 0 Å². The van der Waals surface area contributed by atoms with E-state index in [1.807, 2.05) is 18.2 Å². The van der Waals surface area contributed by atoms with Crippen LogP contribution in [0.5, 0.6) is 5.75 Å². The third-order valence-corrected chi connectivity index (χ3v) is 3.33. The van der Waals surface area contributed by atoms with Gasteiger partial charge in [0.15, 0.2) is 0 Å². The fourth-order valence-corrected chi connectivity index (χ4v) is 2.33. The number of fused-ring (bicyclic) bond motifs is 1. The Morgan fingerprint density at radius 3 is 2.88 bits per heavy atom. The van der Waals surface area contributed by atoms with E-state index in [0.29, 0.717) is 17.0 Å². The molecule has 3 nitrogen and oxygen atoms in total. The molecule has 0 bridgehead atoms. The number of allylic oxidation sites excluding steroid dienone is 1. The first-order chi connectivity index (χ1) is 8.11. The van der Waals surface area contributed by atoms with Gasteiger partial charge in [0.05, 0.1) is 13.5 Å². The minimum absolute atomic E-state index is 0.0427. The van der Waals surface area contributed by atoms with E-state index >= 15 is 0 Å². The smallest absolute Gasteiger partial charge is 0.307 e. The van der Waals surface area contributed by atoms with Crippen molar-refractivity contribution < 1.29 is 14.6 Å². The molecule has 0 aliphatic heterocycles. The molecule has 17 heavy (non-hydrogen) atoms. The lowest BCUT2D eigenvalue weighted by atomic mass is 9.89. The zero-order valence-corrected chi connectivity index (χ0v) is 10.3. The fourth-order valence-electron chi connectivity index (χ4n) is 2.07. The van der Waals surface area contributed by atoms with E-state index in [9.17, 15) is 4.79 Å². The standard InChI is InChI=1S/C13H13ClO3/c1-17-9-4-2-8-3-5-12(14)11(7-13(15)16)10(8)6-9/h2,4,6H,3,5,7H2,1H3,(H,15,16). The number of ether oxygens (including phenoxy) is 1. The molecule has 0 radical (unpaired) electrons.